The number of nitriles is 1. The minimum Gasteiger partial charge on any atom is -0.464 e. The van der Waals surface area contributed by atoms with Gasteiger partial charge in [0, 0.05) is 16.6 Å². The predicted octanol–water partition coefficient (Wildman–Crippen LogP) is 4.10. The summed E-state index contributed by atoms with van der Waals surface area (Å²) in [6.07, 6.45) is 1.89. The van der Waals surface area contributed by atoms with Crippen molar-refractivity contribution in [3.05, 3.63) is 64.9 Å². The normalized spacial score (nSPS) is 10.5. The number of carbonyl (C=O) groups excluding carboxylic acids is 1. The van der Waals surface area contributed by atoms with E-state index in [9.17, 15) is 4.79 Å². The van der Waals surface area contributed by atoms with Gasteiger partial charge in [-0.15, -0.1) is 0 Å². The highest BCUT2D eigenvalue weighted by atomic mass is 16.3. The van der Waals surface area contributed by atoms with Crippen LogP contribution >= 0.6 is 0 Å². The molecule has 0 aliphatic rings. The first-order valence-electron chi connectivity index (χ1n) is 7.34. The monoisotopic (exact) mass is 304 g/mol. The molecule has 2 aromatic carbocycles. The van der Waals surface area contributed by atoms with E-state index in [-0.39, 0.29) is 12.3 Å². The lowest BCUT2D eigenvalue weighted by Gasteiger charge is -2.05. The first kappa shape index (κ1) is 14.9. The molecule has 1 aromatic heterocycles. The summed E-state index contributed by atoms with van der Waals surface area (Å²) in [5.74, 6) is -0.115. The Labute approximate surface area is 134 Å². The Hall–Kier alpha value is -3.06. The highest BCUT2D eigenvalue weighted by molar-refractivity contribution is 5.95. The van der Waals surface area contributed by atoms with E-state index < -0.39 is 0 Å². The molecule has 0 bridgehead atoms. The third-order valence-electron chi connectivity index (χ3n) is 3.92. The van der Waals surface area contributed by atoms with Gasteiger partial charge in [-0.05, 0) is 61.4 Å². The van der Waals surface area contributed by atoms with Crippen LogP contribution in [0.5, 0.6) is 0 Å². The van der Waals surface area contributed by atoms with Crippen LogP contribution in [0.3, 0.4) is 0 Å². The number of nitrogens with zero attached hydrogens (tertiary/aromatic N) is 1. The largest absolute Gasteiger partial charge is 0.464 e. The third-order valence-corrected chi connectivity index (χ3v) is 3.92. The molecule has 0 fully saturated rings. The minimum absolute atomic E-state index is 0.115. The Kier molecular flexibility index (Phi) is 3.86. The topological polar surface area (TPSA) is 66.0 Å². The van der Waals surface area contributed by atoms with Crippen molar-refractivity contribution in [1.82, 2.24) is 0 Å². The molecule has 1 N–H and O–H groups in total. The van der Waals surface area contributed by atoms with E-state index in [1.165, 1.54) is 11.1 Å². The first-order valence-corrected chi connectivity index (χ1v) is 7.34. The van der Waals surface area contributed by atoms with Gasteiger partial charge in [-0.2, -0.15) is 5.26 Å². The van der Waals surface area contributed by atoms with E-state index in [0.717, 1.165) is 16.5 Å². The summed E-state index contributed by atoms with van der Waals surface area (Å²) < 4.78 is 5.55. The van der Waals surface area contributed by atoms with Crippen molar-refractivity contribution < 1.29 is 9.21 Å². The van der Waals surface area contributed by atoms with E-state index in [1.54, 1.807) is 30.5 Å². The van der Waals surface area contributed by atoms with Crippen molar-refractivity contribution in [3.63, 3.8) is 0 Å². The number of hydrogen-bond acceptors (Lipinski definition) is 3. The number of nitrogens with one attached hydrogen (secondary N) is 1. The zero-order valence-corrected chi connectivity index (χ0v) is 13.0. The average molecular weight is 304 g/mol. The van der Waals surface area contributed by atoms with Crippen LogP contribution in [0.2, 0.25) is 0 Å². The van der Waals surface area contributed by atoms with E-state index in [2.05, 4.69) is 11.4 Å². The van der Waals surface area contributed by atoms with Gasteiger partial charge in [0.2, 0.25) is 5.91 Å². The molecule has 0 saturated heterocycles. The molecule has 0 spiro atoms. The number of fused-ring (bicyclic) bond motifs is 1. The van der Waals surface area contributed by atoms with Crippen LogP contribution in [-0.2, 0) is 11.2 Å². The second-order valence-electron chi connectivity index (χ2n) is 5.61. The molecule has 3 rings (SSSR count). The standard InChI is InChI=1S/C19H16N2O2/c1-12-7-17-15(11-23-18(17)8-13(12)2)9-19(22)21-16-5-3-14(10-20)4-6-16/h3-8,11H,9H2,1-2H3,(H,21,22). The van der Waals surface area contributed by atoms with Gasteiger partial charge in [0.25, 0.3) is 0 Å². The number of carbonyl (C=O) groups is 1. The SMILES string of the molecule is Cc1cc2occ(CC(=O)Nc3ccc(C#N)cc3)c2cc1C. The molecule has 0 atom stereocenters. The first-order chi connectivity index (χ1) is 11.1. The molecule has 4 nitrogen and oxygen atoms in total. The number of rotatable bonds is 3. The molecule has 1 heterocycles. The van der Waals surface area contributed by atoms with Gasteiger partial charge in [-0.3, -0.25) is 4.79 Å². The summed E-state index contributed by atoms with van der Waals surface area (Å²) >= 11 is 0. The number of furan rings is 1. The fourth-order valence-electron chi connectivity index (χ4n) is 2.48. The van der Waals surface area contributed by atoms with Crippen molar-refractivity contribution in [3.8, 4) is 6.07 Å². The summed E-state index contributed by atoms with van der Waals surface area (Å²) in [4.78, 5) is 12.2. The molecule has 4 heteroatoms. The fraction of sp³-hybridized carbons (Fsp3) is 0.158. The molecule has 0 aliphatic carbocycles. The van der Waals surface area contributed by atoms with Crippen molar-refractivity contribution >= 4 is 22.6 Å². The summed E-state index contributed by atoms with van der Waals surface area (Å²) in [7, 11) is 0. The Bertz CT molecular complexity index is 915. The molecule has 3 aromatic rings. The molecule has 23 heavy (non-hydrogen) atoms. The maximum absolute atomic E-state index is 12.2. The second kappa shape index (κ2) is 5.98. The summed E-state index contributed by atoms with van der Waals surface area (Å²) in [5.41, 5.74) is 5.25. The molecule has 0 unspecified atom stereocenters. The number of anilines is 1. The van der Waals surface area contributed by atoms with Crippen molar-refractivity contribution in [2.45, 2.75) is 20.3 Å². The molecule has 0 aliphatic heterocycles. The fourth-order valence-corrected chi connectivity index (χ4v) is 2.48. The van der Waals surface area contributed by atoms with E-state index >= 15 is 0 Å². The smallest absolute Gasteiger partial charge is 0.228 e. The number of benzene rings is 2. The zero-order valence-electron chi connectivity index (χ0n) is 13.0. The lowest BCUT2D eigenvalue weighted by molar-refractivity contribution is -0.115. The van der Waals surface area contributed by atoms with Gasteiger partial charge in [0.15, 0.2) is 0 Å². The van der Waals surface area contributed by atoms with Crippen LogP contribution < -0.4 is 5.32 Å². The quantitative estimate of drug-likeness (QED) is 0.792. The predicted molar refractivity (Wildman–Crippen MR) is 89.2 cm³/mol. The van der Waals surface area contributed by atoms with Crippen molar-refractivity contribution in [1.29, 1.82) is 5.26 Å². The molecule has 114 valence electrons. The lowest BCUT2D eigenvalue weighted by Crippen LogP contribution is -2.14. The molecule has 0 saturated carbocycles. The lowest BCUT2D eigenvalue weighted by atomic mass is 10.0. The van der Waals surface area contributed by atoms with E-state index in [0.29, 0.717) is 11.3 Å². The zero-order chi connectivity index (χ0) is 16.4. The van der Waals surface area contributed by atoms with Crippen LogP contribution in [0.15, 0.2) is 47.1 Å². The Morgan fingerprint density at radius 3 is 2.57 bits per heavy atom. The molecule has 0 radical (unpaired) electrons. The van der Waals surface area contributed by atoms with Crippen LogP contribution in [0, 0.1) is 25.2 Å². The van der Waals surface area contributed by atoms with Gasteiger partial charge in [-0.25, -0.2) is 0 Å². The summed E-state index contributed by atoms with van der Waals surface area (Å²) in [6.45, 7) is 4.08. The van der Waals surface area contributed by atoms with Crippen LogP contribution in [0.4, 0.5) is 5.69 Å². The van der Waals surface area contributed by atoms with Gasteiger partial charge in [0.05, 0.1) is 24.3 Å². The maximum Gasteiger partial charge on any atom is 0.228 e. The summed E-state index contributed by atoms with van der Waals surface area (Å²) in [5, 5.41) is 12.6. The second-order valence-corrected chi connectivity index (χ2v) is 5.61. The van der Waals surface area contributed by atoms with Gasteiger partial charge in [0.1, 0.15) is 5.58 Å². The summed E-state index contributed by atoms with van der Waals surface area (Å²) in [6, 6.07) is 12.9. The average Bonchev–Trinajstić information content (AvgIpc) is 2.90. The Balaban J connectivity index is 1.77. The number of amides is 1. The number of aryl methyl sites for hydroxylation is 2. The highest BCUT2D eigenvalue weighted by Gasteiger charge is 2.12. The minimum atomic E-state index is -0.115. The molecule has 1 amide bonds. The van der Waals surface area contributed by atoms with Crippen LogP contribution in [-0.4, -0.2) is 5.91 Å². The van der Waals surface area contributed by atoms with E-state index in [1.807, 2.05) is 26.0 Å². The van der Waals surface area contributed by atoms with Gasteiger partial charge < -0.3 is 9.73 Å². The Morgan fingerprint density at radius 1 is 1.17 bits per heavy atom. The maximum atomic E-state index is 12.2. The Morgan fingerprint density at radius 2 is 1.87 bits per heavy atom. The third kappa shape index (κ3) is 3.09. The molecular formula is C19H16N2O2. The van der Waals surface area contributed by atoms with Gasteiger partial charge >= 0.3 is 0 Å². The van der Waals surface area contributed by atoms with Crippen LogP contribution in [0.1, 0.15) is 22.3 Å². The molecular weight excluding hydrogens is 288 g/mol. The van der Waals surface area contributed by atoms with Crippen molar-refractivity contribution in [2.75, 3.05) is 5.32 Å². The van der Waals surface area contributed by atoms with Crippen molar-refractivity contribution in [2.24, 2.45) is 0 Å². The van der Waals surface area contributed by atoms with Crippen LogP contribution in [0.25, 0.3) is 11.0 Å². The van der Waals surface area contributed by atoms with Gasteiger partial charge in [-0.1, -0.05) is 0 Å². The highest BCUT2D eigenvalue weighted by Crippen LogP contribution is 2.25. The van der Waals surface area contributed by atoms with E-state index in [4.69, 9.17) is 9.68 Å². The number of hydrogen-bond donors (Lipinski definition) is 1.